The lowest BCUT2D eigenvalue weighted by Gasteiger charge is -2.30. The highest BCUT2D eigenvalue weighted by atomic mass is 16.4. The summed E-state index contributed by atoms with van der Waals surface area (Å²) in [4.78, 5) is 25.2. The summed E-state index contributed by atoms with van der Waals surface area (Å²) in [6.45, 7) is 2.63. The van der Waals surface area contributed by atoms with E-state index in [0.29, 0.717) is 25.1 Å². The average Bonchev–Trinajstić information content (AvgIpc) is 2.94. The van der Waals surface area contributed by atoms with Crippen LogP contribution >= 0.6 is 0 Å². The van der Waals surface area contributed by atoms with Gasteiger partial charge in [-0.25, -0.2) is 0 Å². The SMILES string of the molecule is O=C(O)C1CCCN(C(=O)c2ccc3c(c2)CNC3)C1. The molecule has 2 heterocycles. The summed E-state index contributed by atoms with van der Waals surface area (Å²) in [5, 5.41) is 12.3. The Morgan fingerprint density at radius 1 is 1.25 bits per heavy atom. The first kappa shape index (κ1) is 13.1. The van der Waals surface area contributed by atoms with Crippen molar-refractivity contribution in [1.82, 2.24) is 10.2 Å². The first-order chi connectivity index (χ1) is 9.65. The lowest BCUT2D eigenvalue weighted by Crippen LogP contribution is -2.42. The Morgan fingerprint density at radius 2 is 2.05 bits per heavy atom. The number of piperidine rings is 1. The van der Waals surface area contributed by atoms with Gasteiger partial charge in [-0.15, -0.1) is 0 Å². The van der Waals surface area contributed by atoms with Crippen LogP contribution in [0, 0.1) is 5.92 Å². The van der Waals surface area contributed by atoms with Gasteiger partial charge in [0, 0.05) is 31.7 Å². The molecule has 3 rings (SSSR count). The van der Waals surface area contributed by atoms with Gasteiger partial charge in [-0.2, -0.15) is 0 Å². The molecule has 1 saturated heterocycles. The van der Waals surface area contributed by atoms with E-state index in [1.54, 1.807) is 4.90 Å². The summed E-state index contributed by atoms with van der Waals surface area (Å²) in [5.74, 6) is -1.28. The molecular weight excluding hydrogens is 256 g/mol. The Bertz CT molecular complexity index is 556. The van der Waals surface area contributed by atoms with Crippen molar-refractivity contribution < 1.29 is 14.7 Å². The Morgan fingerprint density at radius 3 is 2.85 bits per heavy atom. The van der Waals surface area contributed by atoms with E-state index in [1.807, 2.05) is 18.2 Å². The van der Waals surface area contributed by atoms with Gasteiger partial charge in [-0.05, 0) is 36.1 Å². The van der Waals surface area contributed by atoms with Crippen LogP contribution in [0.25, 0.3) is 0 Å². The molecule has 2 aliphatic heterocycles. The third-order valence-corrected chi connectivity index (χ3v) is 4.14. The largest absolute Gasteiger partial charge is 0.481 e. The van der Waals surface area contributed by atoms with Crippen LogP contribution in [0.2, 0.25) is 0 Å². The first-order valence-corrected chi connectivity index (χ1v) is 7.00. The van der Waals surface area contributed by atoms with Crippen LogP contribution in [0.3, 0.4) is 0 Å². The van der Waals surface area contributed by atoms with E-state index in [-0.39, 0.29) is 5.91 Å². The molecule has 5 heteroatoms. The highest BCUT2D eigenvalue weighted by Gasteiger charge is 2.29. The van der Waals surface area contributed by atoms with Crippen molar-refractivity contribution in [2.75, 3.05) is 13.1 Å². The van der Waals surface area contributed by atoms with E-state index < -0.39 is 11.9 Å². The molecule has 1 unspecified atom stereocenters. The van der Waals surface area contributed by atoms with Gasteiger partial charge in [-0.1, -0.05) is 6.07 Å². The number of fused-ring (bicyclic) bond motifs is 1. The number of nitrogens with one attached hydrogen (secondary N) is 1. The zero-order valence-corrected chi connectivity index (χ0v) is 11.3. The minimum atomic E-state index is -0.805. The number of aliphatic carboxylic acids is 1. The van der Waals surface area contributed by atoms with Crippen molar-refractivity contribution in [3.05, 3.63) is 34.9 Å². The number of benzene rings is 1. The fraction of sp³-hybridized carbons (Fsp3) is 0.467. The van der Waals surface area contributed by atoms with Crippen molar-refractivity contribution >= 4 is 11.9 Å². The number of nitrogens with zero attached hydrogens (tertiary/aromatic N) is 1. The molecule has 1 atom stereocenters. The zero-order chi connectivity index (χ0) is 14.1. The number of carbonyl (C=O) groups is 2. The van der Waals surface area contributed by atoms with Crippen LogP contribution < -0.4 is 5.32 Å². The summed E-state index contributed by atoms with van der Waals surface area (Å²) in [6, 6.07) is 5.77. The maximum Gasteiger partial charge on any atom is 0.308 e. The fourth-order valence-corrected chi connectivity index (χ4v) is 2.97. The molecule has 1 amide bonds. The van der Waals surface area contributed by atoms with E-state index >= 15 is 0 Å². The predicted molar refractivity (Wildman–Crippen MR) is 73.2 cm³/mol. The number of amides is 1. The molecule has 20 heavy (non-hydrogen) atoms. The maximum atomic E-state index is 12.5. The molecular formula is C15H18N2O3. The number of hydrogen-bond donors (Lipinski definition) is 2. The lowest BCUT2D eigenvalue weighted by molar-refractivity contribution is -0.143. The minimum absolute atomic E-state index is 0.0503. The van der Waals surface area contributed by atoms with Gasteiger partial charge in [0.05, 0.1) is 5.92 Å². The number of rotatable bonds is 2. The van der Waals surface area contributed by atoms with Gasteiger partial charge in [0.2, 0.25) is 0 Å². The normalized spacial score (nSPS) is 21.6. The van der Waals surface area contributed by atoms with Gasteiger partial charge >= 0.3 is 5.97 Å². The summed E-state index contributed by atoms with van der Waals surface area (Å²) in [6.07, 6.45) is 1.42. The van der Waals surface area contributed by atoms with Gasteiger partial charge in [-0.3, -0.25) is 9.59 Å². The Balaban J connectivity index is 1.76. The minimum Gasteiger partial charge on any atom is -0.481 e. The van der Waals surface area contributed by atoms with E-state index in [1.165, 1.54) is 11.1 Å². The van der Waals surface area contributed by atoms with Crippen LogP contribution in [-0.2, 0) is 17.9 Å². The van der Waals surface area contributed by atoms with E-state index in [0.717, 1.165) is 19.5 Å². The molecule has 0 aromatic heterocycles. The topological polar surface area (TPSA) is 69.6 Å². The van der Waals surface area contributed by atoms with E-state index in [2.05, 4.69) is 5.32 Å². The van der Waals surface area contributed by atoms with E-state index in [4.69, 9.17) is 5.11 Å². The van der Waals surface area contributed by atoms with Crippen molar-refractivity contribution in [2.24, 2.45) is 5.92 Å². The molecule has 0 saturated carbocycles. The predicted octanol–water partition coefficient (Wildman–Crippen LogP) is 1.23. The summed E-state index contributed by atoms with van der Waals surface area (Å²) >= 11 is 0. The lowest BCUT2D eigenvalue weighted by atomic mass is 9.97. The highest BCUT2D eigenvalue weighted by Crippen LogP contribution is 2.21. The summed E-state index contributed by atoms with van der Waals surface area (Å²) < 4.78 is 0. The van der Waals surface area contributed by atoms with Gasteiger partial charge in [0.1, 0.15) is 0 Å². The summed E-state index contributed by atoms with van der Waals surface area (Å²) in [5.41, 5.74) is 3.07. The number of likely N-dealkylation sites (tertiary alicyclic amines) is 1. The molecule has 0 bridgehead atoms. The van der Waals surface area contributed by atoms with E-state index in [9.17, 15) is 9.59 Å². The Kier molecular flexibility index (Phi) is 3.44. The van der Waals surface area contributed by atoms with Gasteiger partial charge in [0.15, 0.2) is 0 Å². The number of carboxylic acids is 1. The van der Waals surface area contributed by atoms with Crippen LogP contribution in [-0.4, -0.2) is 35.0 Å². The zero-order valence-electron chi connectivity index (χ0n) is 11.3. The monoisotopic (exact) mass is 274 g/mol. The summed E-state index contributed by atoms with van der Waals surface area (Å²) in [7, 11) is 0. The number of carbonyl (C=O) groups excluding carboxylic acids is 1. The maximum absolute atomic E-state index is 12.5. The number of hydrogen-bond acceptors (Lipinski definition) is 3. The van der Waals surface area contributed by atoms with Crippen LogP contribution in [0.15, 0.2) is 18.2 Å². The molecule has 106 valence electrons. The molecule has 0 aliphatic carbocycles. The molecule has 2 aliphatic rings. The second kappa shape index (κ2) is 5.25. The fourth-order valence-electron chi connectivity index (χ4n) is 2.97. The van der Waals surface area contributed by atoms with Gasteiger partial charge < -0.3 is 15.3 Å². The second-order valence-corrected chi connectivity index (χ2v) is 5.52. The molecule has 1 aromatic carbocycles. The third kappa shape index (κ3) is 2.41. The number of carboxylic acid groups (broad SMARTS) is 1. The molecule has 1 aromatic rings. The average molecular weight is 274 g/mol. The molecule has 1 fully saturated rings. The third-order valence-electron chi connectivity index (χ3n) is 4.14. The quantitative estimate of drug-likeness (QED) is 0.851. The van der Waals surface area contributed by atoms with Crippen molar-refractivity contribution in [2.45, 2.75) is 25.9 Å². The molecule has 0 spiro atoms. The van der Waals surface area contributed by atoms with Crippen LogP contribution in [0.1, 0.15) is 34.3 Å². The molecule has 2 N–H and O–H groups in total. The Labute approximate surface area is 117 Å². The second-order valence-electron chi connectivity index (χ2n) is 5.52. The smallest absolute Gasteiger partial charge is 0.308 e. The van der Waals surface area contributed by atoms with Crippen molar-refractivity contribution in [3.8, 4) is 0 Å². The molecule has 0 radical (unpaired) electrons. The van der Waals surface area contributed by atoms with Crippen LogP contribution in [0.5, 0.6) is 0 Å². The Hall–Kier alpha value is -1.88. The first-order valence-electron chi connectivity index (χ1n) is 7.00. The standard InChI is InChI=1S/C15H18N2O3/c18-14(17-5-1-2-12(9-17)15(19)20)10-3-4-11-7-16-8-13(11)6-10/h3-4,6,12,16H,1-2,5,7-9H2,(H,19,20). The van der Waals surface area contributed by atoms with Crippen molar-refractivity contribution in [1.29, 1.82) is 0 Å². The highest BCUT2D eigenvalue weighted by molar-refractivity contribution is 5.95. The molecule has 5 nitrogen and oxygen atoms in total. The van der Waals surface area contributed by atoms with Gasteiger partial charge in [0.25, 0.3) is 5.91 Å². The van der Waals surface area contributed by atoms with Crippen LogP contribution in [0.4, 0.5) is 0 Å². The van der Waals surface area contributed by atoms with Crippen molar-refractivity contribution in [3.63, 3.8) is 0 Å².